The van der Waals surface area contributed by atoms with E-state index in [2.05, 4.69) is 0 Å². The fraction of sp³-hybridized carbons (Fsp3) is 1.00. The zero-order valence-electron chi connectivity index (χ0n) is 2.88. The molecule has 0 nitrogen and oxygen atoms in total. The molecule has 0 aliphatic heterocycles. The molecule has 0 rings (SSSR count). The third kappa shape index (κ3) is 8.93. The molecule has 0 heterocycles. The van der Waals surface area contributed by atoms with Crippen molar-refractivity contribution in [2.45, 2.75) is 6.42 Å². The van der Waals surface area contributed by atoms with Crippen molar-refractivity contribution in [2.24, 2.45) is 0 Å². The first-order chi connectivity index (χ1) is 2.41. The zero-order chi connectivity index (χ0) is 4.12. The van der Waals surface area contributed by atoms with Gasteiger partial charge in [-0.25, -0.2) is 0 Å². The lowest BCUT2D eigenvalue weighted by atomic mass is 10.6. The van der Waals surface area contributed by atoms with Crippen LogP contribution in [0.25, 0.3) is 0 Å². The summed E-state index contributed by atoms with van der Waals surface area (Å²) in [5, 5.41) is 0. The molecule has 3 heteroatoms. The van der Waals surface area contributed by atoms with Crippen LogP contribution < -0.4 is 0 Å². The van der Waals surface area contributed by atoms with Crippen LogP contribution >= 0.6 is 23.2 Å². The molecule has 0 fully saturated rings. The van der Waals surface area contributed by atoms with Crippen molar-refractivity contribution in [3.63, 3.8) is 0 Å². The van der Waals surface area contributed by atoms with Crippen molar-refractivity contribution in [3.05, 3.63) is 0 Å². The van der Waals surface area contributed by atoms with Gasteiger partial charge in [-0.3, -0.25) is 0 Å². The normalized spacial score (nSPS) is 7.00. The summed E-state index contributed by atoms with van der Waals surface area (Å²) in [7, 11) is 0. The molecule has 38 valence electrons. The number of rotatable bonds is 2. The van der Waals surface area contributed by atoms with Gasteiger partial charge in [-0.15, -0.1) is 23.2 Å². The van der Waals surface area contributed by atoms with Crippen LogP contribution in [0.3, 0.4) is 0 Å². The van der Waals surface area contributed by atoms with Gasteiger partial charge in [-0.1, -0.05) is 0 Å². The second-order valence-electron chi connectivity index (χ2n) is 0.732. The van der Waals surface area contributed by atoms with E-state index in [-0.39, 0.29) is 17.4 Å². The Kier molecular flexibility index (Phi) is 16.0. The van der Waals surface area contributed by atoms with E-state index in [4.69, 9.17) is 23.2 Å². The predicted octanol–water partition coefficient (Wildman–Crippen LogP) is 0.670. The van der Waals surface area contributed by atoms with E-state index in [1.54, 1.807) is 0 Å². The summed E-state index contributed by atoms with van der Waals surface area (Å²) in [5.74, 6) is 1.37. The molecular weight excluding hydrogens is 134 g/mol. The number of hydrogen-bond acceptors (Lipinski definition) is 0. The van der Waals surface area contributed by atoms with Gasteiger partial charge in [0.15, 0.2) is 17.4 Å². The Hall–Kier alpha value is 1.11. The molecule has 0 aromatic rings. The van der Waals surface area contributed by atoms with Gasteiger partial charge in [0.25, 0.3) is 0 Å². The average Bonchev–Trinajstić information content (AvgIpc) is 1.41. The lowest BCUT2D eigenvalue weighted by Gasteiger charge is -1.75. The molecule has 0 atom stereocenters. The zero-order valence-corrected chi connectivity index (χ0v) is 4.39. The van der Waals surface area contributed by atoms with Crippen LogP contribution in [0.1, 0.15) is 6.42 Å². The minimum atomic E-state index is 0. The molecule has 0 amide bonds. The SMILES string of the molecule is ClCCCCl.[AlH3]. The lowest BCUT2D eigenvalue weighted by molar-refractivity contribution is 1.11. The van der Waals surface area contributed by atoms with Gasteiger partial charge >= 0.3 is 0 Å². The van der Waals surface area contributed by atoms with Gasteiger partial charge < -0.3 is 0 Å². The van der Waals surface area contributed by atoms with E-state index in [0.717, 1.165) is 6.42 Å². The van der Waals surface area contributed by atoms with Crippen molar-refractivity contribution in [3.8, 4) is 0 Å². The summed E-state index contributed by atoms with van der Waals surface area (Å²) in [6.45, 7) is 0. The molecule has 0 saturated carbocycles. The molecule has 0 radical (unpaired) electrons. The quantitative estimate of drug-likeness (QED) is 0.393. The van der Waals surface area contributed by atoms with E-state index in [1.165, 1.54) is 0 Å². The molecule has 0 N–H and O–H groups in total. The van der Waals surface area contributed by atoms with Gasteiger partial charge in [-0.2, -0.15) is 0 Å². The first-order valence-corrected chi connectivity index (χ1v) is 2.60. The molecule has 0 aliphatic rings. The molecule has 6 heavy (non-hydrogen) atoms. The minimum Gasteiger partial charge on any atom is -0.127 e. The van der Waals surface area contributed by atoms with Gasteiger partial charge in [0, 0.05) is 11.8 Å². The summed E-state index contributed by atoms with van der Waals surface area (Å²) >= 11 is 10.4. The van der Waals surface area contributed by atoms with E-state index < -0.39 is 0 Å². The fourth-order valence-electron chi connectivity index (χ4n) is 0.0505. The Balaban J connectivity index is 0. The first-order valence-electron chi connectivity index (χ1n) is 1.53. The Morgan fingerprint density at radius 3 is 1.33 bits per heavy atom. The smallest absolute Gasteiger partial charge is 0.127 e. The van der Waals surface area contributed by atoms with E-state index in [1.807, 2.05) is 0 Å². The summed E-state index contributed by atoms with van der Waals surface area (Å²) in [4.78, 5) is 0. The topological polar surface area (TPSA) is 0 Å². The molecular formula is C3H9AlCl2. The second kappa shape index (κ2) is 9.45. The Morgan fingerprint density at radius 2 is 1.33 bits per heavy atom. The maximum absolute atomic E-state index is 5.22. The monoisotopic (exact) mass is 142 g/mol. The van der Waals surface area contributed by atoms with E-state index in [0.29, 0.717) is 11.8 Å². The Morgan fingerprint density at radius 1 is 1.00 bits per heavy atom. The first kappa shape index (κ1) is 10.2. The van der Waals surface area contributed by atoms with E-state index >= 15 is 0 Å². The van der Waals surface area contributed by atoms with Crippen LogP contribution in [0.15, 0.2) is 0 Å². The molecule has 0 aromatic heterocycles. The number of halogens is 2. The van der Waals surface area contributed by atoms with Crippen molar-refractivity contribution < 1.29 is 0 Å². The highest BCUT2D eigenvalue weighted by atomic mass is 35.5. The highest BCUT2D eigenvalue weighted by Crippen LogP contribution is 1.84. The molecule has 0 aliphatic carbocycles. The molecule has 0 unspecified atom stereocenters. The maximum atomic E-state index is 5.22. The number of hydrogen-bond donors (Lipinski definition) is 0. The van der Waals surface area contributed by atoms with Crippen molar-refractivity contribution in [1.29, 1.82) is 0 Å². The van der Waals surface area contributed by atoms with Gasteiger partial charge in [0.05, 0.1) is 0 Å². The van der Waals surface area contributed by atoms with Crippen molar-refractivity contribution in [1.82, 2.24) is 0 Å². The van der Waals surface area contributed by atoms with Crippen LogP contribution in [0.5, 0.6) is 0 Å². The molecule has 0 bridgehead atoms. The Labute approximate surface area is 58.9 Å². The van der Waals surface area contributed by atoms with Crippen LogP contribution in [-0.2, 0) is 0 Å². The summed E-state index contributed by atoms with van der Waals surface area (Å²) in [6.07, 6.45) is 0.920. The largest absolute Gasteiger partial charge is 0.187 e. The summed E-state index contributed by atoms with van der Waals surface area (Å²) in [6, 6.07) is 0. The van der Waals surface area contributed by atoms with Crippen LogP contribution in [-0.4, -0.2) is 29.1 Å². The summed E-state index contributed by atoms with van der Waals surface area (Å²) in [5.41, 5.74) is 0. The van der Waals surface area contributed by atoms with Crippen molar-refractivity contribution in [2.75, 3.05) is 11.8 Å². The average molecular weight is 143 g/mol. The molecule has 0 spiro atoms. The highest BCUT2D eigenvalue weighted by molar-refractivity contribution is 6.20. The van der Waals surface area contributed by atoms with Crippen LogP contribution in [0, 0.1) is 0 Å². The Bertz CT molecular complexity index is 16.3. The molecule has 0 aromatic carbocycles. The maximum Gasteiger partial charge on any atom is 0.187 e. The predicted molar refractivity (Wildman–Crippen MR) is 36.0 cm³/mol. The highest BCUT2D eigenvalue weighted by Gasteiger charge is 1.72. The van der Waals surface area contributed by atoms with Crippen LogP contribution in [0.4, 0.5) is 0 Å². The lowest BCUT2D eigenvalue weighted by Crippen LogP contribution is -1.70. The summed E-state index contributed by atoms with van der Waals surface area (Å²) < 4.78 is 0. The van der Waals surface area contributed by atoms with Gasteiger partial charge in [0.2, 0.25) is 0 Å². The van der Waals surface area contributed by atoms with Gasteiger partial charge in [0.1, 0.15) is 0 Å². The minimum absolute atomic E-state index is 0. The van der Waals surface area contributed by atoms with E-state index in [9.17, 15) is 0 Å². The molecule has 0 saturated heterocycles. The standard InChI is InChI=1S/C3H6Cl2.Al.3H/c4-2-1-3-5;;;;/h1-3H2;;;;. The van der Waals surface area contributed by atoms with Crippen LogP contribution in [0.2, 0.25) is 0 Å². The fourth-order valence-corrected chi connectivity index (χ4v) is 0.455. The third-order valence-electron chi connectivity index (χ3n) is 0.267. The van der Waals surface area contributed by atoms with Crippen molar-refractivity contribution >= 4 is 40.6 Å². The number of alkyl halides is 2. The third-order valence-corrected chi connectivity index (χ3v) is 0.802. The second-order valence-corrected chi connectivity index (χ2v) is 1.49. The van der Waals surface area contributed by atoms with Gasteiger partial charge in [-0.05, 0) is 6.42 Å².